The highest BCUT2D eigenvalue weighted by molar-refractivity contribution is 6.32. The quantitative estimate of drug-likeness (QED) is 0.861. The van der Waals surface area contributed by atoms with Crippen LogP contribution in [0.3, 0.4) is 0 Å². The van der Waals surface area contributed by atoms with Crippen molar-refractivity contribution in [2.75, 3.05) is 32.1 Å². The molecule has 0 radical (unpaired) electrons. The van der Waals surface area contributed by atoms with E-state index in [1.54, 1.807) is 30.3 Å². The SMILES string of the molecule is CN(CC(=O)Nc1ccc(Cl)cc1)C(=O)c1cc(Cl)c2c(c1)OCCO2. The van der Waals surface area contributed by atoms with Crippen molar-refractivity contribution in [2.24, 2.45) is 0 Å². The Morgan fingerprint density at radius 2 is 1.81 bits per heavy atom. The predicted octanol–water partition coefficient (Wildman–Crippen LogP) is 3.48. The van der Waals surface area contributed by atoms with Crippen LogP contribution in [0, 0.1) is 0 Å². The van der Waals surface area contributed by atoms with Crippen molar-refractivity contribution < 1.29 is 19.1 Å². The molecule has 0 bridgehead atoms. The molecule has 1 aliphatic heterocycles. The number of rotatable bonds is 4. The summed E-state index contributed by atoms with van der Waals surface area (Å²) in [5.74, 6) is 0.172. The van der Waals surface area contributed by atoms with Gasteiger partial charge in [0.2, 0.25) is 5.91 Å². The summed E-state index contributed by atoms with van der Waals surface area (Å²) in [7, 11) is 1.54. The number of carbonyl (C=O) groups excluding carboxylic acids is 2. The number of anilines is 1. The summed E-state index contributed by atoms with van der Waals surface area (Å²) in [6, 6.07) is 9.78. The zero-order chi connectivity index (χ0) is 18.7. The third-order valence-electron chi connectivity index (χ3n) is 3.70. The van der Waals surface area contributed by atoms with E-state index in [1.165, 1.54) is 18.0 Å². The Morgan fingerprint density at radius 1 is 1.12 bits per heavy atom. The minimum atomic E-state index is -0.352. The molecule has 2 amide bonds. The van der Waals surface area contributed by atoms with Gasteiger partial charge in [-0.1, -0.05) is 23.2 Å². The molecule has 0 fully saturated rings. The van der Waals surface area contributed by atoms with E-state index in [2.05, 4.69) is 5.32 Å². The Hall–Kier alpha value is -2.44. The van der Waals surface area contributed by atoms with Crippen LogP contribution in [0.4, 0.5) is 5.69 Å². The molecule has 0 aromatic heterocycles. The molecule has 0 unspecified atom stereocenters. The number of hydrogen-bond donors (Lipinski definition) is 1. The summed E-state index contributed by atoms with van der Waals surface area (Å²) in [6.07, 6.45) is 0. The Labute approximate surface area is 160 Å². The second-order valence-electron chi connectivity index (χ2n) is 5.70. The van der Waals surface area contributed by atoms with Crippen LogP contribution >= 0.6 is 23.2 Å². The van der Waals surface area contributed by atoms with Crippen LogP contribution < -0.4 is 14.8 Å². The average molecular weight is 395 g/mol. The van der Waals surface area contributed by atoms with Crippen LogP contribution in [0.1, 0.15) is 10.4 Å². The fourth-order valence-corrected chi connectivity index (χ4v) is 2.87. The molecule has 0 spiro atoms. The Bertz CT molecular complexity index is 840. The molecule has 0 atom stereocenters. The molecule has 1 N–H and O–H groups in total. The van der Waals surface area contributed by atoms with E-state index in [-0.39, 0.29) is 18.4 Å². The first-order valence-electron chi connectivity index (χ1n) is 7.84. The average Bonchev–Trinajstić information content (AvgIpc) is 2.63. The lowest BCUT2D eigenvalue weighted by Gasteiger charge is -2.22. The molecule has 2 aromatic carbocycles. The number of ether oxygens (including phenoxy) is 2. The van der Waals surface area contributed by atoms with Crippen LogP contribution in [0.25, 0.3) is 0 Å². The van der Waals surface area contributed by atoms with Crippen LogP contribution in [-0.4, -0.2) is 43.5 Å². The second-order valence-corrected chi connectivity index (χ2v) is 6.54. The highest BCUT2D eigenvalue weighted by Crippen LogP contribution is 2.38. The van der Waals surface area contributed by atoms with Crippen molar-refractivity contribution in [3.8, 4) is 11.5 Å². The van der Waals surface area contributed by atoms with Crippen molar-refractivity contribution in [3.63, 3.8) is 0 Å². The lowest BCUT2D eigenvalue weighted by Crippen LogP contribution is -2.35. The van der Waals surface area contributed by atoms with Crippen LogP contribution in [0.2, 0.25) is 10.0 Å². The molecule has 6 nitrogen and oxygen atoms in total. The molecule has 3 rings (SSSR count). The predicted molar refractivity (Wildman–Crippen MR) is 99.5 cm³/mol. The molecule has 8 heteroatoms. The van der Waals surface area contributed by atoms with Gasteiger partial charge in [0.15, 0.2) is 11.5 Å². The van der Waals surface area contributed by atoms with E-state index in [4.69, 9.17) is 32.7 Å². The zero-order valence-corrected chi connectivity index (χ0v) is 15.4. The van der Waals surface area contributed by atoms with E-state index >= 15 is 0 Å². The summed E-state index contributed by atoms with van der Waals surface area (Å²) in [6.45, 7) is 0.679. The Balaban J connectivity index is 1.66. The maximum absolute atomic E-state index is 12.6. The van der Waals surface area contributed by atoms with E-state index < -0.39 is 0 Å². The number of likely N-dealkylation sites (N-methyl/N-ethyl adjacent to an activating group) is 1. The third-order valence-corrected chi connectivity index (χ3v) is 4.23. The summed E-state index contributed by atoms with van der Waals surface area (Å²) in [5.41, 5.74) is 0.920. The van der Waals surface area contributed by atoms with Crippen molar-refractivity contribution in [1.82, 2.24) is 4.90 Å². The van der Waals surface area contributed by atoms with E-state index in [1.807, 2.05) is 0 Å². The van der Waals surface area contributed by atoms with Crippen LogP contribution in [0.15, 0.2) is 36.4 Å². The number of hydrogen-bond acceptors (Lipinski definition) is 4. The van der Waals surface area contributed by atoms with Gasteiger partial charge >= 0.3 is 0 Å². The largest absolute Gasteiger partial charge is 0.486 e. The number of nitrogens with one attached hydrogen (secondary N) is 1. The maximum atomic E-state index is 12.6. The minimum absolute atomic E-state index is 0.118. The molecule has 0 saturated heterocycles. The van der Waals surface area contributed by atoms with Gasteiger partial charge in [0.05, 0.1) is 11.6 Å². The highest BCUT2D eigenvalue weighted by atomic mass is 35.5. The van der Waals surface area contributed by atoms with Gasteiger partial charge in [-0.2, -0.15) is 0 Å². The summed E-state index contributed by atoms with van der Waals surface area (Å²) in [5, 5.41) is 3.58. The zero-order valence-electron chi connectivity index (χ0n) is 13.9. The van der Waals surface area contributed by atoms with Crippen molar-refractivity contribution in [1.29, 1.82) is 0 Å². The van der Waals surface area contributed by atoms with Gasteiger partial charge in [-0.25, -0.2) is 0 Å². The van der Waals surface area contributed by atoms with Gasteiger partial charge in [0.25, 0.3) is 5.91 Å². The van der Waals surface area contributed by atoms with Crippen molar-refractivity contribution in [3.05, 3.63) is 52.0 Å². The first-order chi connectivity index (χ1) is 12.4. The first kappa shape index (κ1) is 18.4. The van der Waals surface area contributed by atoms with Gasteiger partial charge in [0.1, 0.15) is 13.2 Å². The monoisotopic (exact) mass is 394 g/mol. The van der Waals surface area contributed by atoms with E-state index in [0.717, 1.165) is 0 Å². The lowest BCUT2D eigenvalue weighted by atomic mass is 10.1. The van der Waals surface area contributed by atoms with E-state index in [0.29, 0.717) is 46.0 Å². The van der Waals surface area contributed by atoms with Crippen molar-refractivity contribution >= 4 is 40.7 Å². The number of halogens is 2. The molecule has 0 saturated carbocycles. The van der Waals surface area contributed by atoms with Gasteiger partial charge < -0.3 is 19.7 Å². The number of benzene rings is 2. The molecular weight excluding hydrogens is 379 g/mol. The molecule has 1 aliphatic rings. The normalized spacial score (nSPS) is 12.4. The Morgan fingerprint density at radius 3 is 2.54 bits per heavy atom. The molecule has 1 heterocycles. The summed E-state index contributed by atoms with van der Waals surface area (Å²) < 4.78 is 10.9. The highest BCUT2D eigenvalue weighted by Gasteiger charge is 2.22. The smallest absolute Gasteiger partial charge is 0.254 e. The molecule has 26 heavy (non-hydrogen) atoms. The number of carbonyl (C=O) groups is 2. The van der Waals surface area contributed by atoms with Crippen LogP contribution in [0.5, 0.6) is 11.5 Å². The molecule has 2 aromatic rings. The first-order valence-corrected chi connectivity index (χ1v) is 8.59. The van der Waals surface area contributed by atoms with Gasteiger partial charge in [0, 0.05) is 23.3 Å². The summed E-state index contributed by atoms with van der Waals surface area (Å²) in [4.78, 5) is 26.0. The number of amides is 2. The fraction of sp³-hybridized carbons (Fsp3) is 0.222. The molecule has 136 valence electrons. The number of fused-ring (bicyclic) bond motifs is 1. The fourth-order valence-electron chi connectivity index (χ4n) is 2.48. The molecule has 0 aliphatic carbocycles. The number of nitrogens with zero attached hydrogens (tertiary/aromatic N) is 1. The van der Waals surface area contributed by atoms with E-state index in [9.17, 15) is 9.59 Å². The lowest BCUT2D eigenvalue weighted by molar-refractivity contribution is -0.116. The molecular formula is C18H16Cl2N2O4. The van der Waals surface area contributed by atoms with Crippen molar-refractivity contribution in [2.45, 2.75) is 0 Å². The standard InChI is InChI=1S/C18H16Cl2N2O4/c1-22(10-16(23)21-13-4-2-12(19)3-5-13)18(24)11-8-14(20)17-15(9-11)25-6-7-26-17/h2-5,8-9H,6-7,10H2,1H3,(H,21,23). The maximum Gasteiger partial charge on any atom is 0.254 e. The minimum Gasteiger partial charge on any atom is -0.486 e. The van der Waals surface area contributed by atoms with Gasteiger partial charge in [-0.05, 0) is 36.4 Å². The second kappa shape index (κ2) is 7.85. The third kappa shape index (κ3) is 4.20. The van der Waals surface area contributed by atoms with Gasteiger partial charge in [-0.15, -0.1) is 0 Å². The summed E-state index contributed by atoms with van der Waals surface area (Å²) >= 11 is 12.0. The topological polar surface area (TPSA) is 67.9 Å². The van der Waals surface area contributed by atoms with Crippen LogP contribution in [-0.2, 0) is 4.79 Å². The Kier molecular flexibility index (Phi) is 5.54. The van der Waals surface area contributed by atoms with Gasteiger partial charge in [-0.3, -0.25) is 9.59 Å².